The molecule has 138 valence electrons. The summed E-state index contributed by atoms with van der Waals surface area (Å²) < 4.78 is 24.3. The van der Waals surface area contributed by atoms with Crippen LogP contribution >= 0.6 is 11.6 Å². The molecule has 0 atom stereocenters. The van der Waals surface area contributed by atoms with Gasteiger partial charge in [-0.3, -0.25) is 0 Å². The monoisotopic (exact) mass is 375 g/mol. The molecule has 3 nitrogen and oxygen atoms in total. The minimum Gasteiger partial charge on any atom is -0.495 e. The van der Waals surface area contributed by atoms with Crippen LogP contribution in [0, 0.1) is 5.82 Å². The first-order valence-electron chi connectivity index (χ1n) is 8.77. The van der Waals surface area contributed by atoms with Gasteiger partial charge in [0.1, 0.15) is 11.6 Å². The Morgan fingerprint density at radius 3 is 2.58 bits per heavy atom. The molecule has 5 heteroatoms. The summed E-state index contributed by atoms with van der Waals surface area (Å²) in [6, 6.07) is 10.5. The van der Waals surface area contributed by atoms with Gasteiger partial charge in [-0.25, -0.2) is 4.39 Å². The van der Waals surface area contributed by atoms with Crippen LogP contribution < -0.4 is 9.64 Å². The third kappa shape index (κ3) is 4.02. The number of hydrogen-bond donors (Lipinski definition) is 0. The van der Waals surface area contributed by atoms with Crippen molar-refractivity contribution in [1.82, 2.24) is 0 Å². The number of halogens is 2. The first-order chi connectivity index (χ1) is 12.6. The molecule has 0 saturated heterocycles. The average molecular weight is 376 g/mol. The molecule has 0 aliphatic carbocycles. The average Bonchev–Trinajstić information content (AvgIpc) is 3.17. The molecule has 0 N–H and O–H groups in total. The van der Waals surface area contributed by atoms with Crippen molar-refractivity contribution in [3.8, 4) is 5.75 Å². The van der Waals surface area contributed by atoms with Gasteiger partial charge in [0.2, 0.25) is 0 Å². The maximum Gasteiger partial charge on any atom is 0.143 e. The fourth-order valence-electron chi connectivity index (χ4n) is 3.18. The number of anilines is 1. The van der Waals surface area contributed by atoms with Crippen LogP contribution in [0.2, 0.25) is 5.02 Å². The molecule has 1 aliphatic rings. The Hall–Kier alpha value is -2.04. The molecular weight excluding hydrogens is 353 g/mol. The fourth-order valence-corrected chi connectivity index (χ4v) is 3.58. The van der Waals surface area contributed by atoms with E-state index in [2.05, 4.69) is 17.9 Å². The normalized spacial score (nSPS) is 13.6. The molecule has 3 rings (SSSR count). The highest BCUT2D eigenvalue weighted by molar-refractivity contribution is 6.35. The summed E-state index contributed by atoms with van der Waals surface area (Å²) in [5.41, 5.74) is 3.95. The summed E-state index contributed by atoms with van der Waals surface area (Å²) in [7, 11) is 1.65. The Balaban J connectivity index is 2.01. The summed E-state index contributed by atoms with van der Waals surface area (Å²) in [4.78, 5) is 2.19. The summed E-state index contributed by atoms with van der Waals surface area (Å²) >= 11 is 6.82. The number of ether oxygens (including phenoxy) is 2. The first-order valence-corrected chi connectivity index (χ1v) is 9.14. The molecule has 26 heavy (non-hydrogen) atoms. The maximum absolute atomic E-state index is 13.2. The van der Waals surface area contributed by atoms with Crippen molar-refractivity contribution >= 4 is 22.9 Å². The van der Waals surface area contributed by atoms with Gasteiger partial charge >= 0.3 is 0 Å². The van der Waals surface area contributed by atoms with Gasteiger partial charge in [-0.1, -0.05) is 36.7 Å². The van der Waals surface area contributed by atoms with E-state index in [-0.39, 0.29) is 5.82 Å². The van der Waals surface area contributed by atoms with E-state index in [1.165, 1.54) is 12.1 Å². The van der Waals surface area contributed by atoms with E-state index in [4.69, 9.17) is 21.1 Å². The van der Waals surface area contributed by atoms with Crippen LogP contribution in [0.25, 0.3) is 5.57 Å². The molecule has 0 saturated carbocycles. The van der Waals surface area contributed by atoms with Gasteiger partial charge in [0.25, 0.3) is 0 Å². The van der Waals surface area contributed by atoms with E-state index in [1.807, 2.05) is 12.1 Å². The lowest BCUT2D eigenvalue weighted by Crippen LogP contribution is -2.24. The summed E-state index contributed by atoms with van der Waals surface area (Å²) in [5, 5.41) is 0.664. The highest BCUT2D eigenvalue weighted by Gasteiger charge is 2.21. The third-order valence-corrected chi connectivity index (χ3v) is 4.83. The first kappa shape index (κ1) is 18.7. The fraction of sp³-hybridized carbons (Fsp3) is 0.333. The van der Waals surface area contributed by atoms with Gasteiger partial charge in [0.15, 0.2) is 0 Å². The Morgan fingerprint density at radius 1 is 1.19 bits per heavy atom. The molecule has 1 aliphatic heterocycles. The molecule has 0 amide bonds. The molecule has 0 bridgehead atoms. The summed E-state index contributed by atoms with van der Waals surface area (Å²) in [6.45, 7) is 4.74. The minimum absolute atomic E-state index is 0.235. The third-order valence-electron chi connectivity index (χ3n) is 4.45. The Kier molecular flexibility index (Phi) is 6.17. The molecule has 0 radical (unpaired) electrons. The second-order valence-electron chi connectivity index (χ2n) is 6.27. The van der Waals surface area contributed by atoms with Gasteiger partial charge in [-0.05, 0) is 41.8 Å². The number of hydrogen-bond acceptors (Lipinski definition) is 3. The lowest BCUT2D eigenvalue weighted by Gasteiger charge is -2.28. The van der Waals surface area contributed by atoms with Crippen molar-refractivity contribution in [2.75, 3.05) is 31.8 Å². The van der Waals surface area contributed by atoms with Gasteiger partial charge in [-0.15, -0.1) is 0 Å². The van der Waals surface area contributed by atoms with Crippen LogP contribution in [0.5, 0.6) is 5.75 Å². The number of rotatable bonds is 7. The van der Waals surface area contributed by atoms with Crippen LogP contribution in [0.3, 0.4) is 0 Å². The molecule has 2 aromatic carbocycles. The lowest BCUT2D eigenvalue weighted by molar-refractivity contribution is 0.216. The lowest BCUT2D eigenvalue weighted by atomic mass is 10.0. The molecule has 0 spiro atoms. The van der Waals surface area contributed by atoms with Crippen molar-refractivity contribution in [1.29, 1.82) is 0 Å². The van der Waals surface area contributed by atoms with Crippen molar-refractivity contribution in [3.05, 3.63) is 64.4 Å². The predicted molar refractivity (Wildman–Crippen MR) is 105 cm³/mol. The van der Waals surface area contributed by atoms with Gasteiger partial charge < -0.3 is 14.4 Å². The van der Waals surface area contributed by atoms with Gasteiger partial charge in [0.05, 0.1) is 31.0 Å². The standard InChI is InChI=1S/C21H23ClFNO2/c1-3-11-24(13-15-4-6-17(23)7-5-15)21-19(25-2)9-8-18(20(21)22)16-10-12-26-14-16/h4-10H,3,11-14H2,1-2H3. The van der Waals surface area contributed by atoms with Crippen molar-refractivity contribution < 1.29 is 13.9 Å². The van der Waals surface area contributed by atoms with Crippen molar-refractivity contribution in [2.45, 2.75) is 19.9 Å². The zero-order valence-corrected chi connectivity index (χ0v) is 15.9. The van der Waals surface area contributed by atoms with Crippen LogP contribution in [-0.2, 0) is 11.3 Å². The predicted octanol–water partition coefficient (Wildman–Crippen LogP) is 5.32. The molecule has 2 aromatic rings. The second kappa shape index (κ2) is 8.56. The molecular formula is C21H23ClFNO2. The van der Waals surface area contributed by atoms with Crippen LogP contribution in [0.15, 0.2) is 42.5 Å². The van der Waals surface area contributed by atoms with E-state index in [0.717, 1.165) is 41.1 Å². The number of benzene rings is 2. The van der Waals surface area contributed by atoms with E-state index in [9.17, 15) is 4.39 Å². The maximum atomic E-state index is 13.2. The smallest absolute Gasteiger partial charge is 0.143 e. The highest BCUT2D eigenvalue weighted by atomic mass is 35.5. The van der Waals surface area contributed by atoms with Crippen LogP contribution in [-0.4, -0.2) is 26.9 Å². The zero-order chi connectivity index (χ0) is 18.5. The number of nitrogens with zero attached hydrogens (tertiary/aromatic N) is 1. The van der Waals surface area contributed by atoms with Gasteiger partial charge in [0, 0.05) is 18.7 Å². The van der Waals surface area contributed by atoms with Gasteiger partial charge in [-0.2, -0.15) is 0 Å². The van der Waals surface area contributed by atoms with Crippen LogP contribution in [0.4, 0.5) is 10.1 Å². The zero-order valence-electron chi connectivity index (χ0n) is 15.1. The Bertz CT molecular complexity index is 789. The number of methoxy groups -OCH3 is 1. The Labute approximate surface area is 159 Å². The molecule has 0 aromatic heterocycles. The highest BCUT2D eigenvalue weighted by Crippen LogP contribution is 2.42. The van der Waals surface area contributed by atoms with E-state index in [0.29, 0.717) is 24.8 Å². The van der Waals surface area contributed by atoms with Crippen LogP contribution in [0.1, 0.15) is 24.5 Å². The van der Waals surface area contributed by atoms with E-state index < -0.39 is 0 Å². The SMILES string of the molecule is CCCN(Cc1ccc(F)cc1)c1c(OC)ccc(C2=CCOC2)c1Cl. The molecule has 1 heterocycles. The Morgan fingerprint density at radius 2 is 1.96 bits per heavy atom. The molecule has 0 fully saturated rings. The van der Waals surface area contributed by atoms with Crippen molar-refractivity contribution in [3.63, 3.8) is 0 Å². The topological polar surface area (TPSA) is 21.7 Å². The summed E-state index contributed by atoms with van der Waals surface area (Å²) in [6.07, 6.45) is 3.01. The van der Waals surface area contributed by atoms with E-state index in [1.54, 1.807) is 19.2 Å². The van der Waals surface area contributed by atoms with Crippen molar-refractivity contribution in [2.24, 2.45) is 0 Å². The minimum atomic E-state index is -0.235. The quantitative estimate of drug-likeness (QED) is 0.653. The summed E-state index contributed by atoms with van der Waals surface area (Å²) in [5.74, 6) is 0.496. The molecule has 0 unspecified atom stereocenters. The second-order valence-corrected chi connectivity index (χ2v) is 6.65. The largest absolute Gasteiger partial charge is 0.495 e. The van der Waals surface area contributed by atoms with E-state index >= 15 is 0 Å².